The molecule has 31 heavy (non-hydrogen) atoms. The van der Waals surface area contributed by atoms with Crippen molar-refractivity contribution < 1.29 is 14.2 Å². The summed E-state index contributed by atoms with van der Waals surface area (Å²) in [6.45, 7) is 0.448. The number of hydrogen-bond donors (Lipinski definition) is 1. The van der Waals surface area contributed by atoms with Gasteiger partial charge in [0.2, 0.25) is 0 Å². The van der Waals surface area contributed by atoms with Crippen molar-refractivity contribution in [1.29, 1.82) is 0 Å². The van der Waals surface area contributed by atoms with Gasteiger partial charge in [-0.25, -0.2) is 4.98 Å². The van der Waals surface area contributed by atoms with Gasteiger partial charge in [-0.15, -0.1) is 12.4 Å². The molecule has 0 saturated heterocycles. The van der Waals surface area contributed by atoms with Gasteiger partial charge in [-0.05, 0) is 42.0 Å². The van der Waals surface area contributed by atoms with E-state index in [0.29, 0.717) is 17.4 Å². The topological polar surface area (TPSA) is 56.4 Å². The summed E-state index contributed by atoms with van der Waals surface area (Å²) in [6.07, 6.45) is 1.79. The molecule has 1 aromatic heterocycles. The van der Waals surface area contributed by atoms with Crippen LogP contribution in [0.15, 0.2) is 72.9 Å². The summed E-state index contributed by atoms with van der Waals surface area (Å²) >= 11 is 5.93. The molecule has 0 bridgehead atoms. The monoisotopic (exact) mass is 456 g/mol. The minimum Gasteiger partial charge on any atom is -0.497 e. The van der Waals surface area contributed by atoms with Crippen LogP contribution in [0.3, 0.4) is 0 Å². The lowest BCUT2D eigenvalue weighted by molar-refractivity contribution is 0.304. The Bertz CT molecular complexity index is 1140. The highest BCUT2D eigenvalue weighted by Crippen LogP contribution is 2.34. The number of H-pyrrole nitrogens is 1. The number of aromatic amines is 1. The van der Waals surface area contributed by atoms with Crippen molar-refractivity contribution >= 4 is 24.0 Å². The van der Waals surface area contributed by atoms with Crippen LogP contribution in [0.1, 0.15) is 5.56 Å². The molecule has 0 amide bonds. The molecule has 0 aliphatic carbocycles. The lowest BCUT2D eigenvalue weighted by atomic mass is 10.1. The van der Waals surface area contributed by atoms with Crippen LogP contribution >= 0.6 is 24.0 Å². The molecule has 7 heteroatoms. The van der Waals surface area contributed by atoms with Crippen molar-refractivity contribution in [3.8, 4) is 39.9 Å². The first kappa shape index (κ1) is 22.5. The smallest absolute Gasteiger partial charge is 0.137 e. The largest absolute Gasteiger partial charge is 0.497 e. The molecule has 1 heterocycles. The number of imidazole rings is 1. The molecule has 0 saturated carbocycles. The average molecular weight is 457 g/mol. The van der Waals surface area contributed by atoms with Crippen LogP contribution in [0.5, 0.6) is 17.2 Å². The van der Waals surface area contributed by atoms with Crippen LogP contribution in [0, 0.1) is 0 Å². The summed E-state index contributed by atoms with van der Waals surface area (Å²) in [6, 6.07) is 21.1. The number of methoxy groups -OCH3 is 2. The van der Waals surface area contributed by atoms with Gasteiger partial charge >= 0.3 is 0 Å². The molecule has 0 aliphatic rings. The van der Waals surface area contributed by atoms with Crippen molar-refractivity contribution in [3.63, 3.8) is 0 Å². The molecular formula is C24H22Cl2N2O3. The van der Waals surface area contributed by atoms with E-state index in [-0.39, 0.29) is 12.4 Å². The van der Waals surface area contributed by atoms with Gasteiger partial charge in [-0.2, -0.15) is 0 Å². The van der Waals surface area contributed by atoms with E-state index >= 15 is 0 Å². The predicted molar refractivity (Wildman–Crippen MR) is 126 cm³/mol. The molecule has 0 aliphatic heterocycles. The van der Waals surface area contributed by atoms with E-state index in [1.54, 1.807) is 20.4 Å². The van der Waals surface area contributed by atoms with Crippen LogP contribution in [0.25, 0.3) is 22.6 Å². The van der Waals surface area contributed by atoms with Gasteiger partial charge in [0.25, 0.3) is 0 Å². The number of halogens is 2. The SMILES string of the molecule is COc1cccc(-c2ncc(-c3ccc(OCc4ccc(Cl)cc4)cc3OC)[nH]2)c1.Cl. The summed E-state index contributed by atoms with van der Waals surface area (Å²) < 4.78 is 16.8. The molecule has 4 aromatic rings. The number of rotatable bonds is 7. The Hall–Kier alpha value is -3.15. The number of aromatic nitrogens is 2. The third-order valence-corrected chi connectivity index (χ3v) is 4.95. The molecule has 3 aromatic carbocycles. The fourth-order valence-electron chi connectivity index (χ4n) is 3.11. The molecule has 4 rings (SSSR count). The number of nitrogens with one attached hydrogen (secondary N) is 1. The highest BCUT2D eigenvalue weighted by Gasteiger charge is 2.12. The second-order valence-electron chi connectivity index (χ2n) is 6.65. The molecule has 0 atom stereocenters. The average Bonchev–Trinajstić information content (AvgIpc) is 3.28. The van der Waals surface area contributed by atoms with Gasteiger partial charge < -0.3 is 19.2 Å². The Morgan fingerprint density at radius 2 is 1.71 bits per heavy atom. The maximum absolute atomic E-state index is 5.93. The number of nitrogens with zero attached hydrogens (tertiary/aromatic N) is 1. The lowest BCUT2D eigenvalue weighted by Gasteiger charge is -2.11. The van der Waals surface area contributed by atoms with Crippen molar-refractivity contribution in [2.75, 3.05) is 14.2 Å². The number of ether oxygens (including phenoxy) is 3. The summed E-state index contributed by atoms with van der Waals surface area (Å²) in [5.74, 6) is 2.96. The predicted octanol–water partition coefficient (Wildman–Crippen LogP) is 6.42. The first-order valence-electron chi connectivity index (χ1n) is 9.41. The minimum atomic E-state index is 0. The molecule has 5 nitrogen and oxygen atoms in total. The highest BCUT2D eigenvalue weighted by molar-refractivity contribution is 6.30. The zero-order chi connectivity index (χ0) is 20.9. The zero-order valence-electron chi connectivity index (χ0n) is 17.1. The van der Waals surface area contributed by atoms with Gasteiger partial charge in [-0.1, -0.05) is 35.9 Å². The van der Waals surface area contributed by atoms with Crippen LogP contribution in [-0.2, 0) is 6.61 Å². The van der Waals surface area contributed by atoms with E-state index in [2.05, 4.69) is 9.97 Å². The standard InChI is InChI=1S/C24H21ClN2O3.ClH/c1-28-19-5-3-4-17(12-19)24-26-14-22(27-24)21-11-10-20(13-23(21)29-2)30-15-16-6-8-18(25)9-7-16;/h3-14H,15H2,1-2H3,(H,26,27);1H. The van der Waals surface area contributed by atoms with Crippen molar-refractivity contribution in [2.24, 2.45) is 0 Å². The quantitative estimate of drug-likeness (QED) is 0.348. The van der Waals surface area contributed by atoms with E-state index in [4.69, 9.17) is 25.8 Å². The van der Waals surface area contributed by atoms with Crippen molar-refractivity contribution in [3.05, 3.63) is 83.5 Å². The second kappa shape index (κ2) is 10.2. The van der Waals surface area contributed by atoms with Gasteiger partial charge in [0.15, 0.2) is 0 Å². The molecule has 0 spiro atoms. The molecule has 0 radical (unpaired) electrons. The zero-order valence-corrected chi connectivity index (χ0v) is 18.7. The maximum Gasteiger partial charge on any atom is 0.137 e. The molecule has 0 unspecified atom stereocenters. The van der Waals surface area contributed by atoms with Crippen LogP contribution < -0.4 is 14.2 Å². The Labute approximate surface area is 192 Å². The van der Waals surface area contributed by atoms with Crippen molar-refractivity contribution in [1.82, 2.24) is 9.97 Å². The van der Waals surface area contributed by atoms with E-state index in [1.807, 2.05) is 66.7 Å². The number of benzene rings is 3. The number of hydrogen-bond acceptors (Lipinski definition) is 4. The maximum atomic E-state index is 5.93. The normalized spacial score (nSPS) is 10.3. The van der Waals surface area contributed by atoms with Gasteiger partial charge in [0.05, 0.1) is 26.1 Å². The molecule has 160 valence electrons. The Balaban J connectivity index is 0.00000272. The Morgan fingerprint density at radius 3 is 2.45 bits per heavy atom. The van der Waals surface area contributed by atoms with Gasteiger partial charge in [0.1, 0.15) is 29.7 Å². The van der Waals surface area contributed by atoms with E-state index in [1.165, 1.54) is 0 Å². The second-order valence-corrected chi connectivity index (χ2v) is 7.09. The first-order chi connectivity index (χ1) is 14.7. The van der Waals surface area contributed by atoms with Gasteiger partial charge in [0, 0.05) is 22.2 Å². The highest BCUT2D eigenvalue weighted by atomic mass is 35.5. The van der Waals surface area contributed by atoms with Crippen LogP contribution in [-0.4, -0.2) is 24.2 Å². The Morgan fingerprint density at radius 1 is 0.903 bits per heavy atom. The van der Waals surface area contributed by atoms with E-state index < -0.39 is 0 Å². The molecule has 0 fully saturated rings. The van der Waals surface area contributed by atoms with Gasteiger partial charge in [-0.3, -0.25) is 0 Å². The van der Waals surface area contributed by atoms with E-state index in [0.717, 1.165) is 39.7 Å². The van der Waals surface area contributed by atoms with E-state index in [9.17, 15) is 0 Å². The summed E-state index contributed by atoms with van der Waals surface area (Å²) in [4.78, 5) is 7.86. The molecule has 1 N–H and O–H groups in total. The summed E-state index contributed by atoms with van der Waals surface area (Å²) in [5.41, 5.74) is 3.74. The summed E-state index contributed by atoms with van der Waals surface area (Å²) in [7, 11) is 3.29. The fourth-order valence-corrected chi connectivity index (χ4v) is 3.23. The fraction of sp³-hybridized carbons (Fsp3) is 0.125. The van der Waals surface area contributed by atoms with Crippen LogP contribution in [0.2, 0.25) is 5.02 Å². The molecular weight excluding hydrogens is 435 g/mol. The van der Waals surface area contributed by atoms with Crippen LogP contribution in [0.4, 0.5) is 0 Å². The summed E-state index contributed by atoms with van der Waals surface area (Å²) in [5, 5.41) is 0.706. The lowest BCUT2D eigenvalue weighted by Crippen LogP contribution is -1.96. The third-order valence-electron chi connectivity index (χ3n) is 4.70. The van der Waals surface area contributed by atoms with Crippen molar-refractivity contribution in [2.45, 2.75) is 6.61 Å². The Kier molecular flexibility index (Phi) is 7.45. The minimum absolute atomic E-state index is 0. The first-order valence-corrected chi connectivity index (χ1v) is 9.79. The third kappa shape index (κ3) is 5.32.